The van der Waals surface area contributed by atoms with Crippen molar-refractivity contribution in [3.63, 3.8) is 0 Å². The topological polar surface area (TPSA) is 63.6 Å². The molecule has 0 spiro atoms. The van der Waals surface area contributed by atoms with Crippen molar-refractivity contribution in [1.82, 2.24) is 0 Å². The van der Waals surface area contributed by atoms with Crippen LogP contribution in [0.5, 0.6) is 5.75 Å². The molecular formula is C21H26O4S. The van der Waals surface area contributed by atoms with E-state index in [4.69, 9.17) is 9.84 Å². The lowest BCUT2D eigenvalue weighted by molar-refractivity contribution is 0.233. The van der Waals surface area contributed by atoms with Gasteiger partial charge in [-0.15, -0.1) is 0 Å². The van der Waals surface area contributed by atoms with E-state index in [1.54, 1.807) is 12.1 Å². The summed E-state index contributed by atoms with van der Waals surface area (Å²) in [6.07, 6.45) is 6.09. The van der Waals surface area contributed by atoms with Gasteiger partial charge in [0.2, 0.25) is 0 Å². The number of hydrogen-bond acceptors (Lipinski definition) is 4. The molecule has 26 heavy (non-hydrogen) atoms. The molecule has 1 N–H and O–H groups in total. The van der Waals surface area contributed by atoms with Crippen LogP contribution in [0.1, 0.15) is 37.3 Å². The fourth-order valence-electron chi connectivity index (χ4n) is 2.36. The average molecular weight is 375 g/mol. The van der Waals surface area contributed by atoms with Gasteiger partial charge in [0, 0.05) is 13.0 Å². The van der Waals surface area contributed by atoms with Crippen LogP contribution in [0.4, 0.5) is 0 Å². The molecule has 0 aliphatic carbocycles. The van der Waals surface area contributed by atoms with Gasteiger partial charge in [0.25, 0.3) is 0 Å². The Morgan fingerprint density at radius 1 is 0.923 bits per heavy atom. The molecule has 0 aliphatic rings. The number of ether oxygens (including phenoxy) is 1. The molecule has 0 bridgehead atoms. The summed E-state index contributed by atoms with van der Waals surface area (Å²) >= 11 is 0. The van der Waals surface area contributed by atoms with Gasteiger partial charge in [0.15, 0.2) is 9.84 Å². The molecule has 0 heterocycles. The molecule has 0 saturated carbocycles. The molecule has 2 aromatic carbocycles. The zero-order chi connectivity index (χ0) is 18.8. The van der Waals surface area contributed by atoms with Crippen molar-refractivity contribution >= 4 is 22.0 Å². The SMILES string of the molecule is CCCCS(=O)(=O)c1ccc(C=Cc2ccc(OCCCO)cc2)cc1. The third-order valence-corrected chi connectivity index (χ3v) is 5.74. The maximum Gasteiger partial charge on any atom is 0.178 e. The molecule has 2 rings (SSSR count). The number of hydrogen-bond donors (Lipinski definition) is 1. The third kappa shape index (κ3) is 6.32. The lowest BCUT2D eigenvalue weighted by Gasteiger charge is -2.05. The molecule has 0 fully saturated rings. The highest BCUT2D eigenvalue weighted by molar-refractivity contribution is 7.91. The lowest BCUT2D eigenvalue weighted by atomic mass is 10.1. The Kier molecular flexibility index (Phi) is 7.88. The van der Waals surface area contributed by atoms with Crippen LogP contribution in [0.3, 0.4) is 0 Å². The zero-order valence-electron chi connectivity index (χ0n) is 15.1. The van der Waals surface area contributed by atoms with Crippen LogP contribution in [0.25, 0.3) is 12.2 Å². The van der Waals surface area contributed by atoms with Crippen molar-refractivity contribution in [1.29, 1.82) is 0 Å². The van der Waals surface area contributed by atoms with E-state index in [1.807, 2.05) is 55.5 Å². The van der Waals surface area contributed by atoms with E-state index in [0.29, 0.717) is 24.3 Å². The fraction of sp³-hybridized carbons (Fsp3) is 0.333. The fourth-order valence-corrected chi connectivity index (χ4v) is 3.82. The molecule has 4 nitrogen and oxygen atoms in total. The van der Waals surface area contributed by atoms with Crippen LogP contribution in [-0.4, -0.2) is 32.5 Å². The van der Waals surface area contributed by atoms with Crippen molar-refractivity contribution in [2.24, 2.45) is 0 Å². The van der Waals surface area contributed by atoms with E-state index < -0.39 is 9.84 Å². The first-order chi connectivity index (χ1) is 12.5. The van der Waals surface area contributed by atoms with Crippen molar-refractivity contribution in [3.8, 4) is 5.75 Å². The summed E-state index contributed by atoms with van der Waals surface area (Å²) in [6, 6.07) is 14.7. The van der Waals surface area contributed by atoms with E-state index in [1.165, 1.54) is 0 Å². The van der Waals surface area contributed by atoms with Gasteiger partial charge in [-0.1, -0.05) is 49.8 Å². The first-order valence-electron chi connectivity index (χ1n) is 8.90. The van der Waals surface area contributed by atoms with Crippen molar-refractivity contribution in [2.45, 2.75) is 31.1 Å². The number of aliphatic hydroxyl groups excluding tert-OH is 1. The first kappa shape index (κ1) is 20.2. The molecule has 0 saturated heterocycles. The van der Waals surface area contributed by atoms with Gasteiger partial charge in [-0.05, 0) is 41.8 Å². The van der Waals surface area contributed by atoms with Crippen molar-refractivity contribution in [2.75, 3.05) is 19.0 Å². The van der Waals surface area contributed by atoms with E-state index in [9.17, 15) is 8.42 Å². The summed E-state index contributed by atoms with van der Waals surface area (Å²) in [6.45, 7) is 2.61. The molecule has 0 amide bonds. The van der Waals surface area contributed by atoms with Crippen molar-refractivity contribution in [3.05, 3.63) is 59.7 Å². The van der Waals surface area contributed by atoms with Crippen LogP contribution in [0.2, 0.25) is 0 Å². The maximum absolute atomic E-state index is 12.2. The quantitative estimate of drug-likeness (QED) is 0.500. The molecule has 5 heteroatoms. The van der Waals surface area contributed by atoms with Gasteiger partial charge in [-0.2, -0.15) is 0 Å². The van der Waals surface area contributed by atoms with E-state index in [2.05, 4.69) is 0 Å². The molecular weight excluding hydrogens is 348 g/mol. The standard InChI is InChI=1S/C21H26O4S/c1-2-3-17-26(23,24)21-13-9-19(10-14-21)6-5-18-7-11-20(12-8-18)25-16-4-15-22/h5-14,22H,2-4,15-17H2,1H3. The second-order valence-corrected chi connectivity index (χ2v) is 8.18. The Morgan fingerprint density at radius 3 is 2.04 bits per heavy atom. The Labute approximate surface area is 156 Å². The average Bonchev–Trinajstić information content (AvgIpc) is 2.66. The summed E-state index contributed by atoms with van der Waals surface area (Å²) in [5.41, 5.74) is 1.97. The van der Waals surface area contributed by atoms with Crippen molar-refractivity contribution < 1.29 is 18.3 Å². The smallest absolute Gasteiger partial charge is 0.178 e. The van der Waals surface area contributed by atoms with Gasteiger partial charge in [0.05, 0.1) is 17.3 Å². The van der Waals surface area contributed by atoms with Crippen LogP contribution < -0.4 is 4.74 Å². The Hall–Kier alpha value is -2.11. The second kappa shape index (κ2) is 10.1. The molecule has 0 radical (unpaired) electrons. The number of aliphatic hydroxyl groups is 1. The first-order valence-corrected chi connectivity index (χ1v) is 10.5. The van der Waals surface area contributed by atoms with Gasteiger partial charge in [-0.25, -0.2) is 8.42 Å². The van der Waals surface area contributed by atoms with Crippen LogP contribution in [0, 0.1) is 0 Å². The predicted molar refractivity (Wildman–Crippen MR) is 106 cm³/mol. The number of rotatable bonds is 10. The minimum absolute atomic E-state index is 0.125. The van der Waals surface area contributed by atoms with Crippen LogP contribution >= 0.6 is 0 Å². The highest BCUT2D eigenvalue weighted by Gasteiger charge is 2.12. The van der Waals surface area contributed by atoms with Gasteiger partial charge < -0.3 is 9.84 Å². The Bertz CT molecular complexity index is 791. The maximum atomic E-state index is 12.2. The third-order valence-electron chi connectivity index (χ3n) is 3.93. The monoisotopic (exact) mass is 374 g/mol. The predicted octanol–water partition coefficient (Wildman–Crippen LogP) is 4.19. The Balaban J connectivity index is 1.98. The molecule has 0 atom stereocenters. The lowest BCUT2D eigenvalue weighted by Crippen LogP contribution is -2.06. The molecule has 140 valence electrons. The summed E-state index contributed by atoms with van der Waals surface area (Å²) in [7, 11) is -3.17. The van der Waals surface area contributed by atoms with Crippen LogP contribution in [-0.2, 0) is 9.84 Å². The molecule has 0 aromatic heterocycles. The summed E-state index contributed by atoms with van der Waals surface area (Å²) < 4.78 is 29.8. The van der Waals surface area contributed by atoms with Gasteiger partial charge in [-0.3, -0.25) is 0 Å². The van der Waals surface area contributed by atoms with E-state index in [-0.39, 0.29) is 12.4 Å². The van der Waals surface area contributed by atoms with Gasteiger partial charge in [0.1, 0.15) is 5.75 Å². The molecule has 0 aliphatic heterocycles. The number of benzene rings is 2. The normalized spacial score (nSPS) is 11.8. The highest BCUT2D eigenvalue weighted by Crippen LogP contribution is 2.17. The largest absolute Gasteiger partial charge is 0.494 e. The number of sulfone groups is 1. The number of unbranched alkanes of at least 4 members (excludes halogenated alkanes) is 1. The zero-order valence-corrected chi connectivity index (χ0v) is 15.9. The Morgan fingerprint density at radius 2 is 1.50 bits per heavy atom. The van der Waals surface area contributed by atoms with Crippen LogP contribution in [0.15, 0.2) is 53.4 Å². The minimum Gasteiger partial charge on any atom is -0.494 e. The van der Waals surface area contributed by atoms with E-state index >= 15 is 0 Å². The van der Waals surface area contributed by atoms with E-state index in [0.717, 1.165) is 23.3 Å². The minimum atomic E-state index is -3.17. The molecule has 0 unspecified atom stereocenters. The highest BCUT2D eigenvalue weighted by atomic mass is 32.2. The second-order valence-electron chi connectivity index (χ2n) is 6.07. The summed E-state index contributed by atoms with van der Waals surface area (Å²) in [5, 5.41) is 8.74. The molecule has 2 aromatic rings. The summed E-state index contributed by atoms with van der Waals surface area (Å²) in [5.74, 6) is 0.975. The van der Waals surface area contributed by atoms with Gasteiger partial charge >= 0.3 is 0 Å². The summed E-state index contributed by atoms with van der Waals surface area (Å²) in [4.78, 5) is 0.382.